The zero-order chi connectivity index (χ0) is 11.0. The van der Waals surface area contributed by atoms with Gasteiger partial charge in [-0.2, -0.15) is 0 Å². The molecule has 0 aliphatic carbocycles. The molecule has 0 spiro atoms. The zero-order valence-electron chi connectivity index (χ0n) is 9.28. The number of hydrogen-bond donors (Lipinski definition) is 1. The van der Waals surface area contributed by atoms with Gasteiger partial charge in [0.1, 0.15) is 0 Å². The van der Waals surface area contributed by atoms with Crippen LogP contribution < -0.4 is 5.32 Å². The molecule has 0 bridgehead atoms. The SMILES string of the molecule is O=C1CCCN1[C@H]1CCNc2ccccc21. The lowest BCUT2D eigenvalue weighted by Gasteiger charge is -2.33. The quantitative estimate of drug-likeness (QED) is 0.780. The number of rotatable bonds is 1. The van der Waals surface area contributed by atoms with Gasteiger partial charge < -0.3 is 10.2 Å². The fourth-order valence-corrected chi connectivity index (χ4v) is 2.77. The molecule has 0 unspecified atom stereocenters. The number of likely N-dealkylation sites (tertiary alicyclic amines) is 1. The van der Waals surface area contributed by atoms with Crippen LogP contribution in [0, 0.1) is 0 Å². The molecule has 0 saturated carbocycles. The summed E-state index contributed by atoms with van der Waals surface area (Å²) in [6, 6.07) is 8.63. The molecule has 1 saturated heterocycles. The Bertz CT molecular complexity index is 416. The number of nitrogens with one attached hydrogen (secondary N) is 1. The number of carbonyl (C=O) groups excluding carboxylic acids is 1. The van der Waals surface area contributed by atoms with E-state index < -0.39 is 0 Å². The fraction of sp³-hybridized carbons (Fsp3) is 0.462. The Labute approximate surface area is 95.4 Å². The van der Waals surface area contributed by atoms with E-state index in [1.165, 1.54) is 11.3 Å². The van der Waals surface area contributed by atoms with Crippen molar-refractivity contribution in [1.82, 2.24) is 4.90 Å². The highest BCUT2D eigenvalue weighted by molar-refractivity contribution is 5.79. The van der Waals surface area contributed by atoms with Gasteiger partial charge in [0.2, 0.25) is 5.91 Å². The summed E-state index contributed by atoms with van der Waals surface area (Å²) in [6.07, 6.45) is 2.78. The Morgan fingerprint density at radius 2 is 2.19 bits per heavy atom. The number of nitrogens with zero attached hydrogens (tertiary/aromatic N) is 1. The van der Waals surface area contributed by atoms with Crippen LogP contribution in [0.4, 0.5) is 5.69 Å². The molecule has 1 fully saturated rings. The van der Waals surface area contributed by atoms with Crippen LogP contribution in [0.5, 0.6) is 0 Å². The number of amides is 1. The third kappa shape index (κ3) is 1.47. The van der Waals surface area contributed by atoms with Crippen LogP contribution in [0.25, 0.3) is 0 Å². The van der Waals surface area contributed by atoms with Gasteiger partial charge in [0.25, 0.3) is 0 Å². The number of benzene rings is 1. The van der Waals surface area contributed by atoms with Gasteiger partial charge in [0.15, 0.2) is 0 Å². The highest BCUT2D eigenvalue weighted by Gasteiger charge is 2.31. The van der Waals surface area contributed by atoms with E-state index in [4.69, 9.17) is 0 Å². The molecule has 3 nitrogen and oxygen atoms in total. The van der Waals surface area contributed by atoms with Gasteiger partial charge in [-0.3, -0.25) is 4.79 Å². The molecule has 0 aromatic heterocycles. The molecule has 2 aliphatic heterocycles. The van der Waals surface area contributed by atoms with Gasteiger partial charge in [0.05, 0.1) is 6.04 Å². The van der Waals surface area contributed by atoms with Crippen molar-refractivity contribution in [1.29, 1.82) is 0 Å². The third-order valence-corrected chi connectivity index (χ3v) is 3.54. The van der Waals surface area contributed by atoms with Crippen molar-refractivity contribution in [3.63, 3.8) is 0 Å². The molecule has 1 amide bonds. The fourth-order valence-electron chi connectivity index (χ4n) is 2.77. The van der Waals surface area contributed by atoms with E-state index in [-0.39, 0.29) is 0 Å². The maximum Gasteiger partial charge on any atom is 0.223 e. The minimum Gasteiger partial charge on any atom is -0.385 e. The lowest BCUT2D eigenvalue weighted by Crippen LogP contribution is -2.33. The van der Waals surface area contributed by atoms with E-state index >= 15 is 0 Å². The maximum atomic E-state index is 11.8. The summed E-state index contributed by atoms with van der Waals surface area (Å²) in [4.78, 5) is 13.8. The second kappa shape index (κ2) is 3.81. The topological polar surface area (TPSA) is 32.3 Å². The number of hydrogen-bond acceptors (Lipinski definition) is 2. The van der Waals surface area contributed by atoms with Crippen molar-refractivity contribution in [2.24, 2.45) is 0 Å². The second-order valence-electron chi connectivity index (χ2n) is 4.51. The summed E-state index contributed by atoms with van der Waals surface area (Å²) < 4.78 is 0. The summed E-state index contributed by atoms with van der Waals surface area (Å²) in [5.74, 6) is 0.321. The molecule has 16 heavy (non-hydrogen) atoms. The monoisotopic (exact) mass is 216 g/mol. The molecular formula is C13H16N2O. The predicted octanol–water partition coefficient (Wildman–Crippen LogP) is 2.17. The van der Waals surface area contributed by atoms with Crippen molar-refractivity contribution < 1.29 is 4.79 Å². The maximum absolute atomic E-state index is 11.8. The molecule has 3 heteroatoms. The van der Waals surface area contributed by atoms with Gasteiger partial charge in [-0.15, -0.1) is 0 Å². The van der Waals surface area contributed by atoms with Gasteiger partial charge in [-0.05, 0) is 24.5 Å². The first kappa shape index (κ1) is 9.70. The largest absolute Gasteiger partial charge is 0.385 e. The smallest absolute Gasteiger partial charge is 0.223 e. The first-order valence-electron chi connectivity index (χ1n) is 5.98. The predicted molar refractivity (Wildman–Crippen MR) is 63.2 cm³/mol. The number of fused-ring (bicyclic) bond motifs is 1. The average molecular weight is 216 g/mol. The van der Waals surface area contributed by atoms with Crippen LogP contribution in [0.15, 0.2) is 24.3 Å². The van der Waals surface area contributed by atoms with Crippen molar-refractivity contribution >= 4 is 11.6 Å². The molecular weight excluding hydrogens is 200 g/mol. The Kier molecular flexibility index (Phi) is 2.31. The van der Waals surface area contributed by atoms with Gasteiger partial charge in [-0.25, -0.2) is 0 Å². The molecule has 0 radical (unpaired) electrons. The number of anilines is 1. The van der Waals surface area contributed by atoms with Crippen LogP contribution in [0.3, 0.4) is 0 Å². The van der Waals surface area contributed by atoms with Crippen LogP contribution in [0.1, 0.15) is 30.9 Å². The number of para-hydroxylation sites is 1. The van der Waals surface area contributed by atoms with Crippen molar-refractivity contribution in [3.05, 3.63) is 29.8 Å². The van der Waals surface area contributed by atoms with Crippen LogP contribution in [-0.2, 0) is 4.79 Å². The van der Waals surface area contributed by atoms with Crippen molar-refractivity contribution in [2.45, 2.75) is 25.3 Å². The Morgan fingerprint density at radius 1 is 1.31 bits per heavy atom. The first-order chi connectivity index (χ1) is 7.86. The van der Waals surface area contributed by atoms with Gasteiger partial charge in [0, 0.05) is 25.2 Å². The van der Waals surface area contributed by atoms with Gasteiger partial charge >= 0.3 is 0 Å². The zero-order valence-corrected chi connectivity index (χ0v) is 9.28. The van der Waals surface area contributed by atoms with E-state index in [0.29, 0.717) is 11.9 Å². The normalized spacial score (nSPS) is 24.1. The van der Waals surface area contributed by atoms with Crippen LogP contribution in [0.2, 0.25) is 0 Å². The van der Waals surface area contributed by atoms with E-state index in [1.807, 2.05) is 6.07 Å². The summed E-state index contributed by atoms with van der Waals surface area (Å²) in [7, 11) is 0. The highest BCUT2D eigenvalue weighted by Crippen LogP contribution is 2.35. The Hall–Kier alpha value is -1.51. The number of carbonyl (C=O) groups is 1. The summed E-state index contributed by atoms with van der Waals surface area (Å²) >= 11 is 0. The molecule has 1 N–H and O–H groups in total. The van der Waals surface area contributed by atoms with E-state index in [9.17, 15) is 4.79 Å². The lowest BCUT2D eigenvalue weighted by atomic mass is 9.97. The molecule has 1 aromatic rings. The first-order valence-corrected chi connectivity index (χ1v) is 5.98. The highest BCUT2D eigenvalue weighted by atomic mass is 16.2. The minimum atomic E-state index is 0.299. The van der Waals surface area contributed by atoms with E-state index in [1.54, 1.807) is 0 Å². The van der Waals surface area contributed by atoms with E-state index in [0.717, 1.165) is 32.4 Å². The summed E-state index contributed by atoms with van der Waals surface area (Å²) in [6.45, 7) is 1.89. The lowest BCUT2D eigenvalue weighted by molar-refractivity contribution is -0.129. The molecule has 2 aliphatic rings. The van der Waals surface area contributed by atoms with Gasteiger partial charge in [-0.1, -0.05) is 18.2 Å². The summed E-state index contributed by atoms with van der Waals surface area (Å²) in [5, 5.41) is 3.39. The molecule has 1 aromatic carbocycles. The third-order valence-electron chi connectivity index (χ3n) is 3.54. The molecule has 1 atom stereocenters. The average Bonchev–Trinajstić information content (AvgIpc) is 2.75. The van der Waals surface area contributed by atoms with Crippen molar-refractivity contribution in [3.8, 4) is 0 Å². The van der Waals surface area contributed by atoms with E-state index in [2.05, 4.69) is 28.4 Å². The molecule has 2 heterocycles. The minimum absolute atomic E-state index is 0.299. The van der Waals surface area contributed by atoms with Crippen LogP contribution in [-0.4, -0.2) is 23.9 Å². The van der Waals surface area contributed by atoms with Crippen molar-refractivity contribution in [2.75, 3.05) is 18.4 Å². The molecule has 84 valence electrons. The van der Waals surface area contributed by atoms with Crippen LogP contribution >= 0.6 is 0 Å². The standard InChI is InChI=1S/C13H16N2O/c16-13-6-3-9-15(13)12-7-8-14-11-5-2-1-4-10(11)12/h1-2,4-5,12,14H,3,6-9H2/t12-/m0/s1. The Morgan fingerprint density at radius 3 is 3.00 bits per heavy atom. The Balaban J connectivity index is 1.95. The second-order valence-corrected chi connectivity index (χ2v) is 4.51. The summed E-state index contributed by atoms with van der Waals surface area (Å²) in [5.41, 5.74) is 2.47. The molecule has 3 rings (SSSR count).